The molecular formula is C20H32IN5O2. The molecule has 156 valence electrons. The molecule has 7 nitrogen and oxygen atoms in total. The van der Waals surface area contributed by atoms with Crippen molar-refractivity contribution in [3.63, 3.8) is 0 Å². The number of hydrogen-bond donors (Lipinski definition) is 1. The van der Waals surface area contributed by atoms with Crippen molar-refractivity contribution in [1.29, 1.82) is 0 Å². The van der Waals surface area contributed by atoms with Crippen molar-refractivity contribution < 1.29 is 9.47 Å². The first kappa shape index (κ1) is 24.1. The molecule has 1 N–H and O–H groups in total. The topological polar surface area (TPSA) is 63.9 Å². The van der Waals surface area contributed by atoms with Crippen molar-refractivity contribution in [2.45, 2.75) is 25.8 Å². The number of guanidine groups is 1. The highest BCUT2D eigenvalue weighted by Gasteiger charge is 2.23. The third-order valence-corrected chi connectivity index (χ3v) is 4.60. The minimum Gasteiger partial charge on any atom is -0.493 e. The fraction of sp³-hybridized carbons (Fsp3) is 0.500. The van der Waals surface area contributed by atoms with E-state index in [1.54, 1.807) is 25.9 Å². The molecular weight excluding hydrogens is 469 g/mol. The van der Waals surface area contributed by atoms with Crippen LogP contribution in [0.15, 0.2) is 35.6 Å². The first-order chi connectivity index (χ1) is 12.8. The molecule has 2 rings (SSSR count). The van der Waals surface area contributed by atoms with Gasteiger partial charge in [0.05, 0.1) is 20.4 Å². The Labute approximate surface area is 185 Å². The number of hydrogen-bond acceptors (Lipinski definition) is 4. The van der Waals surface area contributed by atoms with Gasteiger partial charge in [-0.3, -0.25) is 9.67 Å². The van der Waals surface area contributed by atoms with E-state index in [-0.39, 0.29) is 29.4 Å². The summed E-state index contributed by atoms with van der Waals surface area (Å²) in [6.07, 6.45) is 3.88. The molecule has 0 aliphatic heterocycles. The summed E-state index contributed by atoms with van der Waals surface area (Å²) in [5, 5.41) is 7.70. The molecule has 0 spiro atoms. The van der Waals surface area contributed by atoms with E-state index in [1.807, 2.05) is 38.6 Å². The standard InChI is InChI=1S/C20H31N5O2.HI/c1-20(2,16-8-9-17(26-6)18(10-16)27-7)14-22-19(21-3)24(4)12-15-11-23-25(5)13-15;/h8-11,13H,12,14H2,1-7H3,(H,21,22);1H. The van der Waals surface area contributed by atoms with Crippen LogP contribution in [0.1, 0.15) is 25.0 Å². The second-order valence-electron chi connectivity index (χ2n) is 7.23. The van der Waals surface area contributed by atoms with Gasteiger partial charge < -0.3 is 19.7 Å². The van der Waals surface area contributed by atoms with Crippen LogP contribution in [0, 0.1) is 0 Å². The molecule has 0 fully saturated rings. The van der Waals surface area contributed by atoms with E-state index in [2.05, 4.69) is 40.2 Å². The van der Waals surface area contributed by atoms with E-state index < -0.39 is 0 Å². The summed E-state index contributed by atoms with van der Waals surface area (Å²) < 4.78 is 12.6. The Hall–Kier alpha value is -1.97. The number of halogens is 1. The van der Waals surface area contributed by atoms with Crippen molar-refractivity contribution in [2.24, 2.45) is 12.0 Å². The summed E-state index contributed by atoms with van der Waals surface area (Å²) in [7, 11) is 9.04. The minimum atomic E-state index is -0.120. The monoisotopic (exact) mass is 501 g/mol. The lowest BCUT2D eigenvalue weighted by Gasteiger charge is -2.29. The van der Waals surface area contributed by atoms with Gasteiger partial charge in [0.15, 0.2) is 17.5 Å². The zero-order chi connectivity index (χ0) is 20.0. The Morgan fingerprint density at radius 1 is 1.25 bits per heavy atom. The molecule has 0 bridgehead atoms. The molecule has 28 heavy (non-hydrogen) atoms. The molecule has 0 unspecified atom stereocenters. The Bertz CT molecular complexity index is 789. The van der Waals surface area contributed by atoms with E-state index in [0.717, 1.165) is 41.7 Å². The van der Waals surface area contributed by atoms with E-state index >= 15 is 0 Å². The second-order valence-corrected chi connectivity index (χ2v) is 7.23. The maximum absolute atomic E-state index is 5.44. The third kappa shape index (κ3) is 6.02. The van der Waals surface area contributed by atoms with Gasteiger partial charge >= 0.3 is 0 Å². The third-order valence-electron chi connectivity index (χ3n) is 4.60. The summed E-state index contributed by atoms with van der Waals surface area (Å²) in [6.45, 7) is 5.85. The molecule has 2 aromatic rings. The zero-order valence-electron chi connectivity index (χ0n) is 17.8. The van der Waals surface area contributed by atoms with Gasteiger partial charge in [0.1, 0.15) is 0 Å². The quantitative estimate of drug-likeness (QED) is 0.359. The highest BCUT2D eigenvalue weighted by molar-refractivity contribution is 14.0. The van der Waals surface area contributed by atoms with Gasteiger partial charge in [0.2, 0.25) is 0 Å². The normalized spacial score (nSPS) is 11.6. The Kier molecular flexibility index (Phi) is 9.06. The highest BCUT2D eigenvalue weighted by Crippen LogP contribution is 2.32. The van der Waals surface area contributed by atoms with E-state index in [0.29, 0.717) is 0 Å². The first-order valence-corrected chi connectivity index (χ1v) is 8.92. The molecule has 0 saturated carbocycles. The van der Waals surface area contributed by atoms with Crippen LogP contribution in [0.3, 0.4) is 0 Å². The average molecular weight is 501 g/mol. The van der Waals surface area contributed by atoms with Crippen molar-refractivity contribution in [3.8, 4) is 11.5 Å². The van der Waals surface area contributed by atoms with Gasteiger partial charge in [-0.1, -0.05) is 19.9 Å². The SMILES string of the molecule is CN=C(NCC(C)(C)c1ccc(OC)c(OC)c1)N(C)Cc1cnn(C)c1.I. The Morgan fingerprint density at radius 2 is 1.93 bits per heavy atom. The van der Waals surface area contributed by atoms with Gasteiger partial charge in [-0.25, -0.2) is 0 Å². The predicted octanol–water partition coefficient (Wildman–Crippen LogP) is 3.04. The number of aryl methyl sites for hydroxylation is 1. The molecule has 0 saturated heterocycles. The molecule has 1 aromatic carbocycles. The molecule has 0 aliphatic carbocycles. The number of nitrogens with zero attached hydrogens (tertiary/aromatic N) is 4. The molecule has 8 heteroatoms. The van der Waals surface area contributed by atoms with E-state index in [1.165, 1.54) is 0 Å². The molecule has 1 aromatic heterocycles. The zero-order valence-corrected chi connectivity index (χ0v) is 20.1. The lowest BCUT2D eigenvalue weighted by molar-refractivity contribution is 0.353. The van der Waals surface area contributed by atoms with Crippen LogP contribution in [-0.4, -0.2) is 55.5 Å². The molecule has 0 aliphatic rings. The number of aromatic nitrogens is 2. The fourth-order valence-electron chi connectivity index (χ4n) is 2.95. The Balaban J connectivity index is 0.00000392. The largest absolute Gasteiger partial charge is 0.493 e. The summed E-state index contributed by atoms with van der Waals surface area (Å²) in [5.41, 5.74) is 2.19. The lowest BCUT2D eigenvalue weighted by Crippen LogP contribution is -2.44. The number of nitrogens with one attached hydrogen (secondary N) is 1. The summed E-state index contributed by atoms with van der Waals surface area (Å²) in [4.78, 5) is 6.49. The predicted molar refractivity (Wildman–Crippen MR) is 124 cm³/mol. The smallest absolute Gasteiger partial charge is 0.193 e. The van der Waals surface area contributed by atoms with Crippen molar-refractivity contribution in [3.05, 3.63) is 41.7 Å². The number of rotatable bonds is 7. The number of aliphatic imine (C=N–C) groups is 1. The Morgan fingerprint density at radius 3 is 2.46 bits per heavy atom. The first-order valence-electron chi connectivity index (χ1n) is 8.92. The van der Waals surface area contributed by atoms with E-state index in [9.17, 15) is 0 Å². The van der Waals surface area contributed by atoms with Crippen LogP contribution >= 0.6 is 24.0 Å². The summed E-state index contributed by atoms with van der Waals surface area (Å²) >= 11 is 0. The average Bonchev–Trinajstić information content (AvgIpc) is 3.06. The van der Waals surface area contributed by atoms with Gasteiger partial charge in [-0.2, -0.15) is 5.10 Å². The van der Waals surface area contributed by atoms with Crippen LogP contribution < -0.4 is 14.8 Å². The van der Waals surface area contributed by atoms with Gasteiger partial charge in [-0.05, 0) is 17.7 Å². The van der Waals surface area contributed by atoms with Crippen molar-refractivity contribution in [2.75, 3.05) is 34.9 Å². The van der Waals surface area contributed by atoms with Crippen LogP contribution in [0.2, 0.25) is 0 Å². The number of ether oxygens (including phenoxy) is 2. The summed E-state index contributed by atoms with van der Waals surface area (Å²) in [6, 6.07) is 6.05. The van der Waals surface area contributed by atoms with Crippen molar-refractivity contribution >= 4 is 29.9 Å². The maximum Gasteiger partial charge on any atom is 0.193 e. The summed E-state index contributed by atoms with van der Waals surface area (Å²) in [5.74, 6) is 2.31. The fourth-order valence-corrected chi connectivity index (χ4v) is 2.95. The maximum atomic E-state index is 5.44. The van der Waals surface area contributed by atoms with E-state index in [4.69, 9.17) is 9.47 Å². The molecule has 0 atom stereocenters. The van der Waals surface area contributed by atoms with Crippen LogP contribution in [0.5, 0.6) is 11.5 Å². The second kappa shape index (κ2) is 10.5. The van der Waals surface area contributed by atoms with Crippen LogP contribution in [-0.2, 0) is 19.0 Å². The molecule has 1 heterocycles. The molecule has 0 radical (unpaired) electrons. The van der Waals surface area contributed by atoms with Crippen LogP contribution in [0.4, 0.5) is 0 Å². The number of methoxy groups -OCH3 is 2. The number of benzene rings is 1. The lowest BCUT2D eigenvalue weighted by atomic mass is 9.84. The van der Waals surface area contributed by atoms with Gasteiger partial charge in [0.25, 0.3) is 0 Å². The highest BCUT2D eigenvalue weighted by atomic mass is 127. The van der Waals surface area contributed by atoms with Gasteiger partial charge in [0, 0.05) is 51.4 Å². The van der Waals surface area contributed by atoms with Gasteiger partial charge in [-0.15, -0.1) is 24.0 Å². The van der Waals surface area contributed by atoms with Crippen molar-refractivity contribution in [1.82, 2.24) is 20.0 Å². The molecule has 0 amide bonds. The van der Waals surface area contributed by atoms with Crippen LogP contribution in [0.25, 0.3) is 0 Å². The minimum absolute atomic E-state index is 0.